The van der Waals surface area contributed by atoms with Gasteiger partial charge in [-0.2, -0.15) is 0 Å². The number of rotatable bonds is 3. The van der Waals surface area contributed by atoms with Gasteiger partial charge in [0.1, 0.15) is 5.56 Å². The molecule has 0 amide bonds. The fourth-order valence-corrected chi connectivity index (χ4v) is 2.05. The number of carbonyl (C=O) groups is 1. The summed E-state index contributed by atoms with van der Waals surface area (Å²) >= 11 is 0. The number of nitrogen functional groups attached to an aromatic ring is 1. The van der Waals surface area contributed by atoms with E-state index in [-0.39, 0.29) is 11.5 Å². The van der Waals surface area contributed by atoms with Crippen molar-refractivity contribution in [2.45, 2.75) is 20.3 Å². The first kappa shape index (κ1) is 13.0. The van der Waals surface area contributed by atoms with Gasteiger partial charge in [0.2, 0.25) is 5.95 Å². The Morgan fingerprint density at radius 3 is 2.58 bits per heavy atom. The lowest BCUT2D eigenvalue weighted by Gasteiger charge is -2.10. The molecule has 0 bridgehead atoms. The molecule has 0 aliphatic heterocycles. The van der Waals surface area contributed by atoms with Crippen LogP contribution in [0.15, 0.2) is 24.3 Å². The van der Waals surface area contributed by atoms with Gasteiger partial charge < -0.3 is 10.8 Å². The van der Waals surface area contributed by atoms with Crippen molar-refractivity contribution in [2.24, 2.45) is 0 Å². The Kier molecular flexibility index (Phi) is 3.46. The minimum Gasteiger partial charge on any atom is -0.478 e. The number of carboxylic acid groups (broad SMARTS) is 1. The molecule has 0 radical (unpaired) electrons. The van der Waals surface area contributed by atoms with E-state index in [1.54, 1.807) is 6.92 Å². The Balaban J connectivity index is 2.51. The summed E-state index contributed by atoms with van der Waals surface area (Å²) in [4.78, 5) is 19.3. The molecule has 0 fully saturated rings. The van der Waals surface area contributed by atoms with Crippen LogP contribution in [-0.2, 0) is 6.42 Å². The summed E-state index contributed by atoms with van der Waals surface area (Å²) in [5.41, 5.74) is 8.71. The number of hydrogen-bond acceptors (Lipinski definition) is 4. The van der Waals surface area contributed by atoms with E-state index < -0.39 is 5.97 Å². The second-order valence-electron chi connectivity index (χ2n) is 4.40. The van der Waals surface area contributed by atoms with Crippen molar-refractivity contribution in [2.75, 3.05) is 5.73 Å². The zero-order valence-electron chi connectivity index (χ0n) is 10.8. The van der Waals surface area contributed by atoms with Crippen LogP contribution in [0.3, 0.4) is 0 Å². The summed E-state index contributed by atoms with van der Waals surface area (Å²) in [6.07, 6.45) is 0.432. The van der Waals surface area contributed by atoms with E-state index in [4.69, 9.17) is 5.73 Å². The Bertz CT molecular complexity index is 639. The van der Waals surface area contributed by atoms with Gasteiger partial charge in [-0.05, 0) is 25.0 Å². The smallest absolute Gasteiger partial charge is 0.339 e. The molecule has 5 nitrogen and oxygen atoms in total. The number of nitrogens with zero attached hydrogens (tertiary/aromatic N) is 2. The summed E-state index contributed by atoms with van der Waals surface area (Å²) in [5.74, 6) is -0.924. The number of aromatic carboxylic acids is 1. The maximum Gasteiger partial charge on any atom is 0.339 e. The zero-order chi connectivity index (χ0) is 14.0. The number of aromatic nitrogens is 2. The standard InChI is InChI=1S/C14H15N3O2/c1-8-5-3-4-6-10(8)7-11-12(13(18)19)9(2)16-14(15)17-11/h3-6H,7H2,1-2H3,(H,18,19)(H2,15,16,17). The Morgan fingerprint density at radius 1 is 1.26 bits per heavy atom. The number of anilines is 1. The van der Waals surface area contributed by atoms with Gasteiger partial charge in [-0.3, -0.25) is 0 Å². The maximum atomic E-state index is 11.3. The molecule has 2 rings (SSSR count). The predicted octanol–water partition coefficient (Wildman–Crippen LogP) is 1.96. The number of benzene rings is 1. The highest BCUT2D eigenvalue weighted by molar-refractivity contribution is 5.90. The SMILES string of the molecule is Cc1ccccc1Cc1nc(N)nc(C)c1C(=O)O. The molecule has 0 saturated carbocycles. The van der Waals surface area contributed by atoms with Crippen LogP contribution in [0.25, 0.3) is 0 Å². The second-order valence-corrected chi connectivity index (χ2v) is 4.40. The average molecular weight is 257 g/mol. The monoisotopic (exact) mass is 257 g/mol. The Hall–Kier alpha value is -2.43. The Morgan fingerprint density at radius 2 is 1.95 bits per heavy atom. The Labute approximate surface area is 111 Å². The van der Waals surface area contributed by atoms with E-state index in [1.165, 1.54) is 0 Å². The summed E-state index contributed by atoms with van der Waals surface area (Å²) in [5, 5.41) is 9.26. The topological polar surface area (TPSA) is 89.1 Å². The van der Waals surface area contributed by atoms with Crippen LogP contribution in [0.2, 0.25) is 0 Å². The van der Waals surface area contributed by atoms with Crippen molar-refractivity contribution in [3.8, 4) is 0 Å². The van der Waals surface area contributed by atoms with Gasteiger partial charge >= 0.3 is 5.97 Å². The third-order valence-corrected chi connectivity index (χ3v) is 3.02. The van der Waals surface area contributed by atoms with E-state index in [0.717, 1.165) is 11.1 Å². The molecule has 0 aliphatic rings. The summed E-state index contributed by atoms with van der Waals surface area (Å²) < 4.78 is 0. The fourth-order valence-electron chi connectivity index (χ4n) is 2.05. The normalized spacial score (nSPS) is 10.4. The fraction of sp³-hybridized carbons (Fsp3) is 0.214. The molecule has 5 heteroatoms. The van der Waals surface area contributed by atoms with Gasteiger partial charge in [0.25, 0.3) is 0 Å². The quantitative estimate of drug-likeness (QED) is 0.877. The molecule has 0 spiro atoms. The van der Waals surface area contributed by atoms with E-state index in [9.17, 15) is 9.90 Å². The van der Waals surface area contributed by atoms with Crippen molar-refractivity contribution in [3.63, 3.8) is 0 Å². The first-order valence-electron chi connectivity index (χ1n) is 5.90. The lowest BCUT2D eigenvalue weighted by Crippen LogP contribution is -2.12. The van der Waals surface area contributed by atoms with E-state index >= 15 is 0 Å². The molecule has 0 atom stereocenters. The van der Waals surface area contributed by atoms with Gasteiger partial charge in [-0.1, -0.05) is 24.3 Å². The molecular weight excluding hydrogens is 242 g/mol. The number of nitrogens with two attached hydrogens (primary N) is 1. The molecule has 0 saturated heterocycles. The van der Waals surface area contributed by atoms with Crippen LogP contribution >= 0.6 is 0 Å². The van der Waals surface area contributed by atoms with Crippen molar-refractivity contribution >= 4 is 11.9 Å². The number of aryl methyl sites for hydroxylation is 2. The van der Waals surface area contributed by atoms with Crippen LogP contribution in [-0.4, -0.2) is 21.0 Å². The summed E-state index contributed by atoms with van der Waals surface area (Å²) in [7, 11) is 0. The lowest BCUT2D eigenvalue weighted by atomic mass is 10.0. The third-order valence-electron chi connectivity index (χ3n) is 3.02. The first-order chi connectivity index (χ1) is 8.99. The minimum atomic E-state index is -1.03. The minimum absolute atomic E-state index is 0.103. The highest BCUT2D eigenvalue weighted by Gasteiger charge is 2.17. The highest BCUT2D eigenvalue weighted by atomic mass is 16.4. The lowest BCUT2D eigenvalue weighted by molar-refractivity contribution is 0.0694. The number of carboxylic acids is 1. The van der Waals surface area contributed by atoms with Crippen LogP contribution in [0, 0.1) is 13.8 Å². The molecule has 2 aromatic rings. The van der Waals surface area contributed by atoms with Crippen LogP contribution in [0.5, 0.6) is 0 Å². The van der Waals surface area contributed by atoms with Crippen LogP contribution in [0.4, 0.5) is 5.95 Å². The van der Waals surface area contributed by atoms with Crippen molar-refractivity contribution in [1.82, 2.24) is 9.97 Å². The molecule has 1 aromatic carbocycles. The predicted molar refractivity (Wildman–Crippen MR) is 72.1 cm³/mol. The van der Waals surface area contributed by atoms with Gasteiger partial charge in [-0.15, -0.1) is 0 Å². The maximum absolute atomic E-state index is 11.3. The number of hydrogen-bond donors (Lipinski definition) is 2. The molecule has 19 heavy (non-hydrogen) atoms. The summed E-state index contributed by atoms with van der Waals surface area (Å²) in [6, 6.07) is 7.79. The largest absolute Gasteiger partial charge is 0.478 e. The van der Waals surface area contributed by atoms with Gasteiger partial charge in [0, 0.05) is 6.42 Å². The molecule has 98 valence electrons. The molecule has 1 heterocycles. The third kappa shape index (κ3) is 2.70. The van der Waals surface area contributed by atoms with Crippen LogP contribution in [0.1, 0.15) is 32.9 Å². The van der Waals surface area contributed by atoms with E-state index in [1.807, 2.05) is 31.2 Å². The summed E-state index contributed by atoms with van der Waals surface area (Å²) in [6.45, 7) is 3.61. The zero-order valence-corrected chi connectivity index (χ0v) is 10.8. The van der Waals surface area contributed by atoms with Gasteiger partial charge in [-0.25, -0.2) is 14.8 Å². The molecule has 1 aromatic heterocycles. The van der Waals surface area contributed by atoms with E-state index in [2.05, 4.69) is 9.97 Å². The second kappa shape index (κ2) is 5.06. The van der Waals surface area contributed by atoms with Gasteiger partial charge in [0.05, 0.1) is 11.4 Å². The van der Waals surface area contributed by atoms with Gasteiger partial charge in [0.15, 0.2) is 0 Å². The molecule has 3 N–H and O–H groups in total. The molecular formula is C14H15N3O2. The molecule has 0 unspecified atom stereocenters. The van der Waals surface area contributed by atoms with Crippen molar-refractivity contribution < 1.29 is 9.90 Å². The highest BCUT2D eigenvalue weighted by Crippen LogP contribution is 2.18. The van der Waals surface area contributed by atoms with Crippen molar-refractivity contribution in [1.29, 1.82) is 0 Å². The van der Waals surface area contributed by atoms with Crippen LogP contribution < -0.4 is 5.73 Å². The van der Waals surface area contributed by atoms with Crippen molar-refractivity contribution in [3.05, 3.63) is 52.3 Å². The molecule has 0 aliphatic carbocycles. The van der Waals surface area contributed by atoms with E-state index in [0.29, 0.717) is 17.8 Å². The first-order valence-corrected chi connectivity index (χ1v) is 5.90. The average Bonchev–Trinajstić information content (AvgIpc) is 2.30.